The van der Waals surface area contributed by atoms with Gasteiger partial charge in [0.15, 0.2) is 5.69 Å². The molecule has 0 radical (unpaired) electrons. The molecule has 0 fully saturated rings. The molecule has 0 spiro atoms. The van der Waals surface area contributed by atoms with E-state index < -0.39 is 5.97 Å². The first kappa shape index (κ1) is 11.0. The molecule has 0 saturated carbocycles. The molecular formula is C9H12N2O2S. The number of aromatic carboxylic acids is 1. The zero-order valence-electron chi connectivity index (χ0n) is 8.10. The van der Waals surface area contributed by atoms with E-state index in [1.165, 1.54) is 6.07 Å². The van der Waals surface area contributed by atoms with Crippen LogP contribution in [0.1, 0.15) is 24.3 Å². The first-order valence-corrected chi connectivity index (χ1v) is 5.28. The van der Waals surface area contributed by atoms with Crippen LogP contribution < -0.4 is 0 Å². The van der Waals surface area contributed by atoms with E-state index in [-0.39, 0.29) is 5.69 Å². The van der Waals surface area contributed by atoms with Crippen LogP contribution in [0.5, 0.6) is 0 Å². The largest absolute Gasteiger partial charge is 0.476 e. The third-order valence-electron chi connectivity index (χ3n) is 1.42. The lowest BCUT2D eigenvalue weighted by Gasteiger charge is -2.02. The van der Waals surface area contributed by atoms with Crippen LogP contribution in [0, 0.1) is 5.92 Å². The van der Waals surface area contributed by atoms with Crippen LogP contribution in [0.3, 0.4) is 0 Å². The Labute approximate surface area is 86.7 Å². The number of hydrogen-bond donors (Lipinski definition) is 1. The quantitative estimate of drug-likeness (QED) is 0.772. The lowest BCUT2D eigenvalue weighted by Crippen LogP contribution is -2.02. The Morgan fingerprint density at radius 1 is 1.50 bits per heavy atom. The van der Waals surface area contributed by atoms with E-state index >= 15 is 0 Å². The van der Waals surface area contributed by atoms with Crippen molar-refractivity contribution < 1.29 is 9.90 Å². The topological polar surface area (TPSA) is 63.1 Å². The molecule has 0 aromatic carbocycles. The summed E-state index contributed by atoms with van der Waals surface area (Å²) in [6.45, 7) is 4.23. The van der Waals surface area contributed by atoms with Gasteiger partial charge < -0.3 is 5.11 Å². The van der Waals surface area contributed by atoms with Crippen molar-refractivity contribution >= 4 is 17.7 Å². The SMILES string of the molecule is CC(C)CSc1ccc(C(=O)O)nn1. The van der Waals surface area contributed by atoms with Gasteiger partial charge in [0, 0.05) is 5.75 Å². The molecule has 0 aliphatic rings. The minimum absolute atomic E-state index is 0.0149. The van der Waals surface area contributed by atoms with Crippen molar-refractivity contribution in [3.8, 4) is 0 Å². The lowest BCUT2D eigenvalue weighted by molar-refractivity contribution is 0.0689. The molecule has 0 aliphatic heterocycles. The summed E-state index contributed by atoms with van der Waals surface area (Å²) in [5.74, 6) is 0.500. The molecule has 76 valence electrons. The molecule has 1 N–H and O–H groups in total. The molecule has 0 bridgehead atoms. The summed E-state index contributed by atoms with van der Waals surface area (Å²) >= 11 is 1.58. The molecule has 1 aromatic rings. The van der Waals surface area contributed by atoms with Gasteiger partial charge in [0.1, 0.15) is 5.03 Å². The molecule has 5 heteroatoms. The molecule has 0 amide bonds. The van der Waals surface area contributed by atoms with E-state index in [2.05, 4.69) is 24.0 Å². The fourth-order valence-electron chi connectivity index (χ4n) is 0.763. The Morgan fingerprint density at radius 3 is 2.64 bits per heavy atom. The van der Waals surface area contributed by atoms with Crippen molar-refractivity contribution in [2.45, 2.75) is 18.9 Å². The molecule has 0 atom stereocenters. The zero-order chi connectivity index (χ0) is 10.6. The number of carboxylic acids is 1. The van der Waals surface area contributed by atoms with Crippen molar-refractivity contribution in [3.63, 3.8) is 0 Å². The maximum absolute atomic E-state index is 10.5. The predicted molar refractivity (Wildman–Crippen MR) is 54.6 cm³/mol. The first-order chi connectivity index (χ1) is 6.59. The molecule has 0 aliphatic carbocycles. The molecule has 1 rings (SSSR count). The summed E-state index contributed by atoms with van der Waals surface area (Å²) in [5, 5.41) is 16.7. The van der Waals surface area contributed by atoms with E-state index in [0.29, 0.717) is 5.92 Å². The van der Waals surface area contributed by atoms with Gasteiger partial charge in [-0.2, -0.15) is 0 Å². The Bertz CT molecular complexity index is 311. The second-order valence-electron chi connectivity index (χ2n) is 3.27. The van der Waals surface area contributed by atoms with Gasteiger partial charge in [0.25, 0.3) is 0 Å². The Hall–Kier alpha value is -1.10. The van der Waals surface area contributed by atoms with E-state index in [9.17, 15) is 4.79 Å². The van der Waals surface area contributed by atoms with Crippen LogP contribution in [0.25, 0.3) is 0 Å². The van der Waals surface area contributed by atoms with Gasteiger partial charge in [-0.1, -0.05) is 13.8 Å². The van der Waals surface area contributed by atoms with Gasteiger partial charge >= 0.3 is 5.97 Å². The summed E-state index contributed by atoms with van der Waals surface area (Å²) in [5.41, 5.74) is -0.0149. The highest BCUT2D eigenvalue weighted by molar-refractivity contribution is 7.99. The minimum atomic E-state index is -1.04. The molecule has 0 saturated heterocycles. The number of carbonyl (C=O) groups is 1. The normalized spacial score (nSPS) is 10.5. The zero-order valence-corrected chi connectivity index (χ0v) is 8.91. The van der Waals surface area contributed by atoms with Gasteiger partial charge in [-0.15, -0.1) is 22.0 Å². The molecule has 14 heavy (non-hydrogen) atoms. The lowest BCUT2D eigenvalue weighted by atomic mass is 10.3. The number of hydrogen-bond acceptors (Lipinski definition) is 4. The van der Waals surface area contributed by atoms with Crippen molar-refractivity contribution in [1.29, 1.82) is 0 Å². The average molecular weight is 212 g/mol. The fraction of sp³-hybridized carbons (Fsp3) is 0.444. The second kappa shape index (κ2) is 4.95. The van der Waals surface area contributed by atoms with Crippen LogP contribution in [-0.4, -0.2) is 27.0 Å². The van der Waals surface area contributed by atoms with Gasteiger partial charge in [-0.05, 0) is 18.1 Å². The molecule has 1 heterocycles. The minimum Gasteiger partial charge on any atom is -0.476 e. The third kappa shape index (κ3) is 3.33. The summed E-state index contributed by atoms with van der Waals surface area (Å²) in [7, 11) is 0. The number of rotatable bonds is 4. The van der Waals surface area contributed by atoms with Crippen LogP contribution >= 0.6 is 11.8 Å². The van der Waals surface area contributed by atoms with Crippen molar-refractivity contribution in [2.24, 2.45) is 5.92 Å². The van der Waals surface area contributed by atoms with Gasteiger partial charge in [-0.3, -0.25) is 0 Å². The van der Waals surface area contributed by atoms with Gasteiger partial charge in [-0.25, -0.2) is 4.79 Å². The van der Waals surface area contributed by atoms with Crippen molar-refractivity contribution in [3.05, 3.63) is 17.8 Å². The summed E-state index contributed by atoms with van der Waals surface area (Å²) in [6.07, 6.45) is 0. The number of aromatic nitrogens is 2. The van der Waals surface area contributed by atoms with E-state index in [1.807, 2.05) is 0 Å². The fourth-order valence-corrected chi connectivity index (χ4v) is 1.53. The van der Waals surface area contributed by atoms with Crippen LogP contribution in [0.15, 0.2) is 17.2 Å². The van der Waals surface area contributed by atoms with Crippen molar-refractivity contribution in [1.82, 2.24) is 10.2 Å². The summed E-state index contributed by atoms with van der Waals surface area (Å²) in [6, 6.07) is 3.15. The smallest absolute Gasteiger partial charge is 0.356 e. The van der Waals surface area contributed by atoms with E-state index in [0.717, 1.165) is 10.8 Å². The molecule has 0 unspecified atom stereocenters. The molecular weight excluding hydrogens is 200 g/mol. The summed E-state index contributed by atoms with van der Waals surface area (Å²) in [4.78, 5) is 10.5. The Morgan fingerprint density at radius 2 is 2.21 bits per heavy atom. The first-order valence-electron chi connectivity index (χ1n) is 4.29. The van der Waals surface area contributed by atoms with Gasteiger partial charge in [0.05, 0.1) is 0 Å². The second-order valence-corrected chi connectivity index (χ2v) is 4.31. The van der Waals surface area contributed by atoms with Crippen molar-refractivity contribution in [2.75, 3.05) is 5.75 Å². The Kier molecular flexibility index (Phi) is 3.88. The summed E-state index contributed by atoms with van der Waals surface area (Å²) < 4.78 is 0. The van der Waals surface area contributed by atoms with E-state index in [1.54, 1.807) is 17.8 Å². The molecule has 4 nitrogen and oxygen atoms in total. The Balaban J connectivity index is 2.60. The van der Waals surface area contributed by atoms with Gasteiger partial charge in [0.2, 0.25) is 0 Å². The average Bonchev–Trinajstić information content (AvgIpc) is 2.15. The third-order valence-corrected chi connectivity index (χ3v) is 2.77. The monoisotopic (exact) mass is 212 g/mol. The van der Waals surface area contributed by atoms with Crippen LogP contribution in [0.4, 0.5) is 0 Å². The standard InChI is InChI=1S/C9H12N2O2S/c1-6(2)5-14-8-4-3-7(9(12)13)10-11-8/h3-4,6H,5H2,1-2H3,(H,12,13). The van der Waals surface area contributed by atoms with Crippen LogP contribution in [-0.2, 0) is 0 Å². The highest BCUT2D eigenvalue weighted by atomic mass is 32.2. The predicted octanol–water partition coefficient (Wildman–Crippen LogP) is 1.92. The highest BCUT2D eigenvalue weighted by Crippen LogP contribution is 2.17. The number of nitrogens with zero attached hydrogens (tertiary/aromatic N) is 2. The maximum Gasteiger partial charge on any atom is 0.356 e. The number of thioether (sulfide) groups is 1. The van der Waals surface area contributed by atoms with Crippen LogP contribution in [0.2, 0.25) is 0 Å². The number of carboxylic acid groups (broad SMARTS) is 1. The maximum atomic E-state index is 10.5. The molecule has 1 aromatic heterocycles. The highest BCUT2D eigenvalue weighted by Gasteiger charge is 2.05. The van der Waals surface area contributed by atoms with E-state index in [4.69, 9.17) is 5.11 Å².